The van der Waals surface area contributed by atoms with Gasteiger partial charge in [0.15, 0.2) is 0 Å². The lowest BCUT2D eigenvalue weighted by atomic mass is 9.87. The van der Waals surface area contributed by atoms with Crippen LogP contribution in [-0.2, 0) is 13.5 Å². The molecule has 1 aliphatic carbocycles. The zero-order valence-corrected chi connectivity index (χ0v) is 12.4. The van der Waals surface area contributed by atoms with Crippen molar-refractivity contribution in [1.82, 2.24) is 4.57 Å². The number of hydrogen-bond donors (Lipinski definition) is 1. The lowest BCUT2D eigenvalue weighted by Crippen LogP contribution is -2.20. The van der Waals surface area contributed by atoms with Crippen molar-refractivity contribution in [3.8, 4) is 5.75 Å². The summed E-state index contributed by atoms with van der Waals surface area (Å²) in [6.45, 7) is 0. The minimum absolute atomic E-state index is 0.00580. The Hall–Kier alpha value is -2.23. The normalized spacial score (nSPS) is 17.1. The number of rotatable bonds is 3. The molecule has 0 bridgehead atoms. The summed E-state index contributed by atoms with van der Waals surface area (Å²) in [4.78, 5) is 11.5. The van der Waals surface area contributed by atoms with E-state index in [-0.39, 0.29) is 11.6 Å². The monoisotopic (exact) mass is 284 g/mol. The number of methoxy groups -OCH3 is 1. The maximum Gasteiger partial charge on any atom is 0.250 e. The maximum absolute atomic E-state index is 11.5. The first-order chi connectivity index (χ1) is 10.2. The van der Waals surface area contributed by atoms with E-state index in [1.165, 1.54) is 17.5 Å². The SMILES string of the molecule is COc1ccc2c(c1)C(Nc1ccc(=O)n(C)c1)CCC2. The molecule has 0 saturated heterocycles. The van der Waals surface area contributed by atoms with E-state index in [0.717, 1.165) is 24.3 Å². The number of pyridine rings is 1. The molecule has 0 radical (unpaired) electrons. The Morgan fingerprint density at radius 2 is 2.14 bits per heavy atom. The Kier molecular flexibility index (Phi) is 3.69. The summed E-state index contributed by atoms with van der Waals surface area (Å²) in [6, 6.07) is 10.0. The summed E-state index contributed by atoms with van der Waals surface area (Å²) in [5.41, 5.74) is 3.66. The van der Waals surface area contributed by atoms with Crippen molar-refractivity contribution < 1.29 is 4.74 Å². The molecule has 1 aliphatic rings. The molecule has 1 aromatic carbocycles. The highest BCUT2D eigenvalue weighted by atomic mass is 16.5. The number of nitrogens with zero attached hydrogens (tertiary/aromatic N) is 1. The van der Waals surface area contributed by atoms with Crippen LogP contribution in [-0.4, -0.2) is 11.7 Å². The molecule has 1 atom stereocenters. The van der Waals surface area contributed by atoms with Crippen LogP contribution in [0.5, 0.6) is 5.75 Å². The summed E-state index contributed by atoms with van der Waals surface area (Å²) < 4.78 is 6.94. The van der Waals surface area contributed by atoms with E-state index >= 15 is 0 Å². The molecule has 0 spiro atoms. The largest absolute Gasteiger partial charge is 0.497 e. The van der Waals surface area contributed by atoms with Gasteiger partial charge in [0.1, 0.15) is 5.75 Å². The second-order valence-electron chi connectivity index (χ2n) is 5.52. The minimum atomic E-state index is 0.00580. The van der Waals surface area contributed by atoms with Crippen molar-refractivity contribution in [1.29, 1.82) is 0 Å². The fourth-order valence-electron chi connectivity index (χ4n) is 2.93. The van der Waals surface area contributed by atoms with Gasteiger partial charge in [-0.25, -0.2) is 0 Å². The molecule has 0 fully saturated rings. The lowest BCUT2D eigenvalue weighted by molar-refractivity contribution is 0.413. The van der Waals surface area contributed by atoms with Gasteiger partial charge in [-0.2, -0.15) is 0 Å². The topological polar surface area (TPSA) is 43.3 Å². The van der Waals surface area contributed by atoms with Crippen LogP contribution < -0.4 is 15.6 Å². The highest BCUT2D eigenvalue weighted by Crippen LogP contribution is 2.34. The fraction of sp³-hybridized carbons (Fsp3) is 0.353. The van der Waals surface area contributed by atoms with Crippen LogP contribution in [0.4, 0.5) is 5.69 Å². The quantitative estimate of drug-likeness (QED) is 0.942. The van der Waals surface area contributed by atoms with Crippen LogP contribution in [0.2, 0.25) is 0 Å². The van der Waals surface area contributed by atoms with E-state index in [9.17, 15) is 4.79 Å². The van der Waals surface area contributed by atoms with Crippen molar-refractivity contribution in [2.75, 3.05) is 12.4 Å². The van der Waals surface area contributed by atoms with Crippen LogP contribution in [0.1, 0.15) is 30.0 Å². The number of aromatic nitrogens is 1. The maximum atomic E-state index is 11.5. The van der Waals surface area contributed by atoms with Crippen LogP contribution in [0.15, 0.2) is 41.3 Å². The van der Waals surface area contributed by atoms with Gasteiger partial charge < -0.3 is 14.6 Å². The van der Waals surface area contributed by atoms with E-state index in [4.69, 9.17) is 4.74 Å². The summed E-state index contributed by atoms with van der Waals surface area (Å²) in [5.74, 6) is 0.892. The fourth-order valence-corrected chi connectivity index (χ4v) is 2.93. The van der Waals surface area contributed by atoms with Gasteiger partial charge >= 0.3 is 0 Å². The highest BCUT2D eigenvalue weighted by Gasteiger charge is 2.20. The number of ether oxygens (including phenoxy) is 1. The van der Waals surface area contributed by atoms with Gasteiger partial charge in [-0.3, -0.25) is 4.79 Å². The van der Waals surface area contributed by atoms with Gasteiger partial charge in [-0.05, 0) is 48.6 Å². The van der Waals surface area contributed by atoms with Gasteiger partial charge in [-0.15, -0.1) is 0 Å². The Morgan fingerprint density at radius 1 is 1.29 bits per heavy atom. The third-order valence-corrected chi connectivity index (χ3v) is 4.09. The molecule has 2 aromatic rings. The average Bonchev–Trinajstić information content (AvgIpc) is 2.51. The molecule has 0 saturated carbocycles. The molecule has 0 amide bonds. The molecule has 3 rings (SSSR count). The number of anilines is 1. The summed E-state index contributed by atoms with van der Waals surface area (Å²) in [5, 5.41) is 3.54. The van der Waals surface area contributed by atoms with Crippen LogP contribution in [0.25, 0.3) is 0 Å². The molecule has 1 aromatic heterocycles. The first-order valence-corrected chi connectivity index (χ1v) is 7.27. The molecule has 21 heavy (non-hydrogen) atoms. The summed E-state index contributed by atoms with van der Waals surface area (Å²) >= 11 is 0. The van der Waals surface area contributed by atoms with Gasteiger partial charge in [0.25, 0.3) is 0 Å². The third-order valence-electron chi connectivity index (χ3n) is 4.09. The number of aryl methyl sites for hydroxylation is 2. The number of benzene rings is 1. The second-order valence-corrected chi connectivity index (χ2v) is 5.52. The van der Waals surface area contributed by atoms with Crippen LogP contribution in [0, 0.1) is 0 Å². The molecular weight excluding hydrogens is 264 g/mol. The van der Waals surface area contributed by atoms with E-state index < -0.39 is 0 Å². The predicted octanol–water partition coefficient (Wildman–Crippen LogP) is 2.88. The first kappa shape index (κ1) is 13.7. The highest BCUT2D eigenvalue weighted by molar-refractivity contribution is 5.47. The summed E-state index contributed by atoms with van der Waals surface area (Å²) in [7, 11) is 3.46. The van der Waals surface area contributed by atoms with Crippen molar-refractivity contribution in [3.63, 3.8) is 0 Å². The van der Waals surface area contributed by atoms with Gasteiger partial charge in [0.2, 0.25) is 5.56 Å². The Balaban J connectivity index is 1.90. The lowest BCUT2D eigenvalue weighted by Gasteiger charge is -2.27. The van der Waals surface area contributed by atoms with E-state index in [0.29, 0.717) is 0 Å². The molecule has 1 N–H and O–H groups in total. The van der Waals surface area contributed by atoms with Crippen molar-refractivity contribution >= 4 is 5.69 Å². The van der Waals surface area contributed by atoms with Crippen LogP contribution >= 0.6 is 0 Å². The molecular formula is C17H20N2O2. The number of hydrogen-bond acceptors (Lipinski definition) is 3. The third kappa shape index (κ3) is 2.79. The molecule has 4 heteroatoms. The Bertz CT molecular complexity index is 706. The number of nitrogens with one attached hydrogen (secondary N) is 1. The molecule has 4 nitrogen and oxygen atoms in total. The van der Waals surface area contributed by atoms with Crippen LogP contribution in [0.3, 0.4) is 0 Å². The molecule has 1 heterocycles. The zero-order valence-electron chi connectivity index (χ0n) is 12.4. The van der Waals surface area contributed by atoms with E-state index in [2.05, 4.69) is 17.4 Å². The van der Waals surface area contributed by atoms with Crippen molar-refractivity contribution in [2.24, 2.45) is 7.05 Å². The first-order valence-electron chi connectivity index (χ1n) is 7.27. The molecule has 1 unspecified atom stereocenters. The minimum Gasteiger partial charge on any atom is -0.497 e. The molecule has 110 valence electrons. The van der Waals surface area contributed by atoms with Crippen molar-refractivity contribution in [3.05, 3.63) is 58.0 Å². The van der Waals surface area contributed by atoms with Crippen molar-refractivity contribution in [2.45, 2.75) is 25.3 Å². The van der Waals surface area contributed by atoms with Gasteiger partial charge in [0.05, 0.1) is 18.8 Å². The Labute approximate surface area is 124 Å². The smallest absolute Gasteiger partial charge is 0.250 e. The predicted molar refractivity (Wildman–Crippen MR) is 84.0 cm³/mol. The van der Waals surface area contributed by atoms with Gasteiger partial charge in [0, 0.05) is 19.3 Å². The molecule has 0 aliphatic heterocycles. The second kappa shape index (κ2) is 5.64. The zero-order chi connectivity index (χ0) is 14.8. The van der Waals surface area contributed by atoms with E-state index in [1.54, 1.807) is 24.8 Å². The van der Waals surface area contributed by atoms with E-state index in [1.807, 2.05) is 18.3 Å². The Morgan fingerprint density at radius 3 is 2.90 bits per heavy atom. The standard InChI is InChI=1S/C17H20N2O2/c1-19-11-13(7-9-17(19)20)18-16-5-3-4-12-6-8-14(21-2)10-15(12)16/h6-11,16,18H,3-5H2,1-2H3. The van der Waals surface area contributed by atoms with Gasteiger partial charge in [-0.1, -0.05) is 6.07 Å². The average molecular weight is 284 g/mol. The number of fused-ring (bicyclic) bond motifs is 1. The summed E-state index contributed by atoms with van der Waals surface area (Å²) in [6.07, 6.45) is 5.22.